The zero-order valence-electron chi connectivity index (χ0n) is 14.6. The molecule has 1 heterocycles. The highest BCUT2D eigenvalue weighted by atomic mass is 79.9. The Kier molecular flexibility index (Phi) is 14.0. The SMILES string of the molecule is Cn1c(COP(=O)(NCCBr)NCCBr)cnc1[N+](=O)[O-].O=C(O)C(=O)CBr. The number of hydrogen-bond donors (Lipinski definition) is 3. The maximum atomic E-state index is 12.5. The van der Waals surface area contributed by atoms with Crippen molar-refractivity contribution in [1.29, 1.82) is 0 Å². The maximum absolute atomic E-state index is 12.5. The summed E-state index contributed by atoms with van der Waals surface area (Å²) in [5, 5.41) is 25.2. The zero-order chi connectivity index (χ0) is 21.7. The van der Waals surface area contributed by atoms with Gasteiger partial charge in [0.1, 0.15) is 18.5 Å². The lowest BCUT2D eigenvalue weighted by atomic mass is 10.5. The molecular formula is C12H19Br3N5O7P. The molecule has 1 rings (SSSR count). The fourth-order valence-electron chi connectivity index (χ4n) is 1.48. The molecule has 0 aliphatic rings. The van der Waals surface area contributed by atoms with E-state index < -0.39 is 24.3 Å². The van der Waals surface area contributed by atoms with E-state index in [1.54, 1.807) is 0 Å². The monoisotopic (exact) mass is 613 g/mol. The van der Waals surface area contributed by atoms with Gasteiger partial charge in [-0.25, -0.2) is 19.5 Å². The molecule has 0 saturated carbocycles. The number of nitrogens with one attached hydrogen (secondary N) is 2. The summed E-state index contributed by atoms with van der Waals surface area (Å²) in [5.41, 5.74) is 0.461. The van der Waals surface area contributed by atoms with Crippen LogP contribution in [0.5, 0.6) is 0 Å². The van der Waals surface area contributed by atoms with Crippen LogP contribution in [0.15, 0.2) is 6.20 Å². The van der Waals surface area contributed by atoms with Gasteiger partial charge in [-0.15, -0.1) is 0 Å². The van der Waals surface area contributed by atoms with Crippen molar-refractivity contribution in [1.82, 2.24) is 19.7 Å². The van der Waals surface area contributed by atoms with Crippen molar-refractivity contribution in [3.8, 4) is 0 Å². The Labute approximate surface area is 185 Å². The number of alkyl halides is 3. The summed E-state index contributed by atoms with van der Waals surface area (Å²) in [5.74, 6) is -2.50. The van der Waals surface area contributed by atoms with Crippen molar-refractivity contribution < 1.29 is 28.7 Å². The van der Waals surface area contributed by atoms with E-state index in [2.05, 4.69) is 62.9 Å². The van der Waals surface area contributed by atoms with Gasteiger partial charge in [0.25, 0.3) is 0 Å². The normalized spacial score (nSPS) is 10.9. The molecule has 0 aliphatic heterocycles. The standard InChI is InChI=1S/C9H16Br2N5O4P.C3H3BrO3/c1-15-8(6-12-9(15)16(17)18)7-20-21(19,13-4-2-10)14-5-3-11;4-1-2(5)3(6)7/h6H,2-5,7H2,1H3,(H2,13,14,19);1H2,(H,6,7). The number of hydrogen-bond acceptors (Lipinski definition) is 7. The lowest BCUT2D eigenvalue weighted by Gasteiger charge is -2.19. The lowest BCUT2D eigenvalue weighted by Crippen LogP contribution is -2.27. The molecule has 3 N–H and O–H groups in total. The lowest BCUT2D eigenvalue weighted by molar-refractivity contribution is -0.396. The van der Waals surface area contributed by atoms with E-state index in [0.29, 0.717) is 29.4 Å². The van der Waals surface area contributed by atoms with Crippen LogP contribution in [0.3, 0.4) is 0 Å². The van der Waals surface area contributed by atoms with Crippen LogP contribution in [0.4, 0.5) is 5.95 Å². The van der Waals surface area contributed by atoms with Crippen molar-refractivity contribution in [2.45, 2.75) is 6.61 Å². The van der Waals surface area contributed by atoms with Gasteiger partial charge in [0.2, 0.25) is 5.78 Å². The third-order valence-corrected chi connectivity index (χ3v) is 5.88. The first-order valence-corrected chi connectivity index (χ1v) is 12.4. The average Bonchev–Trinajstić information content (AvgIpc) is 3.03. The molecule has 0 fully saturated rings. The molecule has 28 heavy (non-hydrogen) atoms. The topological polar surface area (TPSA) is 166 Å². The van der Waals surface area contributed by atoms with Crippen molar-refractivity contribution in [3.63, 3.8) is 0 Å². The average molecular weight is 616 g/mol. The summed E-state index contributed by atoms with van der Waals surface area (Å²) < 4.78 is 19.2. The summed E-state index contributed by atoms with van der Waals surface area (Å²) in [7, 11) is -1.72. The second-order valence-electron chi connectivity index (χ2n) is 4.75. The number of carboxylic acid groups (broad SMARTS) is 1. The largest absolute Gasteiger partial charge is 0.475 e. The number of rotatable bonds is 12. The van der Waals surface area contributed by atoms with Crippen LogP contribution >= 0.6 is 55.5 Å². The van der Waals surface area contributed by atoms with Gasteiger partial charge in [0, 0.05) is 23.7 Å². The number of carbonyl (C=O) groups excluding carboxylic acids is 1. The number of imidazole rings is 1. The molecular weight excluding hydrogens is 597 g/mol. The van der Waals surface area contributed by atoms with Crippen LogP contribution in [-0.2, 0) is 32.3 Å². The predicted octanol–water partition coefficient (Wildman–Crippen LogP) is 1.96. The fraction of sp³-hybridized carbons (Fsp3) is 0.583. The quantitative estimate of drug-likeness (QED) is 0.104. The molecule has 0 atom stereocenters. The Bertz CT molecular complexity index is 706. The minimum Gasteiger partial charge on any atom is -0.475 e. The van der Waals surface area contributed by atoms with Gasteiger partial charge in [-0.1, -0.05) is 52.8 Å². The number of halogens is 3. The molecule has 0 spiro atoms. The Morgan fingerprint density at radius 2 is 1.86 bits per heavy atom. The summed E-state index contributed by atoms with van der Waals surface area (Å²) in [4.78, 5) is 33.2. The van der Waals surface area contributed by atoms with Gasteiger partial charge in [0.05, 0.1) is 12.4 Å². The first-order valence-electron chi connectivity index (χ1n) is 7.45. The Balaban J connectivity index is 0.000000887. The molecule has 0 aliphatic carbocycles. The van der Waals surface area contributed by atoms with Gasteiger partial charge < -0.3 is 15.2 Å². The summed E-state index contributed by atoms with van der Waals surface area (Å²) >= 11 is 9.15. The minimum absolute atomic E-state index is 0.0564. The van der Waals surface area contributed by atoms with Gasteiger partial charge in [0.15, 0.2) is 0 Å². The molecule has 16 heteroatoms. The van der Waals surface area contributed by atoms with Crippen molar-refractivity contribution >= 4 is 73.2 Å². The molecule has 0 unspecified atom stereocenters. The van der Waals surface area contributed by atoms with Crippen LogP contribution in [-0.4, -0.2) is 60.4 Å². The number of carbonyl (C=O) groups is 2. The predicted molar refractivity (Wildman–Crippen MR) is 112 cm³/mol. The van der Waals surface area contributed by atoms with Crippen molar-refractivity contribution in [2.75, 3.05) is 29.1 Å². The first-order chi connectivity index (χ1) is 13.1. The van der Waals surface area contributed by atoms with Crippen LogP contribution < -0.4 is 10.2 Å². The highest BCUT2D eigenvalue weighted by molar-refractivity contribution is 9.09. The fourth-order valence-corrected chi connectivity index (χ4v) is 4.15. The maximum Gasteiger partial charge on any atom is 0.434 e. The van der Waals surface area contributed by atoms with Crippen LogP contribution in [0.25, 0.3) is 0 Å². The van der Waals surface area contributed by atoms with Crippen molar-refractivity contribution in [3.05, 3.63) is 22.0 Å². The van der Waals surface area contributed by atoms with E-state index in [9.17, 15) is 24.3 Å². The molecule has 160 valence electrons. The summed E-state index contributed by atoms with van der Waals surface area (Å²) in [6, 6.07) is 0. The number of nitrogens with zero attached hydrogens (tertiary/aromatic N) is 3. The molecule has 0 radical (unpaired) electrons. The van der Waals surface area contributed by atoms with Gasteiger partial charge in [-0.3, -0.25) is 13.9 Å². The smallest absolute Gasteiger partial charge is 0.434 e. The summed E-state index contributed by atoms with van der Waals surface area (Å²) in [6.45, 7) is 0.857. The van der Waals surface area contributed by atoms with E-state index in [-0.39, 0.29) is 17.9 Å². The third kappa shape index (κ3) is 10.2. The molecule has 0 saturated heterocycles. The van der Waals surface area contributed by atoms with Crippen LogP contribution in [0, 0.1) is 10.1 Å². The number of nitro groups is 1. The Morgan fingerprint density at radius 1 is 1.32 bits per heavy atom. The molecule has 0 bridgehead atoms. The van der Waals surface area contributed by atoms with Gasteiger partial charge >= 0.3 is 19.6 Å². The van der Waals surface area contributed by atoms with E-state index in [0.717, 1.165) is 0 Å². The van der Waals surface area contributed by atoms with Crippen molar-refractivity contribution in [2.24, 2.45) is 7.05 Å². The number of Topliss-reactive ketones (excluding diaryl/α,β-unsaturated/α-hetero) is 1. The first kappa shape index (κ1) is 27.3. The van der Waals surface area contributed by atoms with Crippen LogP contribution in [0.2, 0.25) is 0 Å². The van der Waals surface area contributed by atoms with Crippen LogP contribution in [0.1, 0.15) is 5.69 Å². The second-order valence-corrected chi connectivity index (χ2v) is 8.89. The number of aliphatic carboxylic acids is 1. The molecule has 0 amide bonds. The minimum atomic E-state index is -3.22. The third-order valence-electron chi connectivity index (χ3n) is 2.81. The van der Waals surface area contributed by atoms with E-state index in [1.165, 1.54) is 17.8 Å². The van der Waals surface area contributed by atoms with E-state index in [4.69, 9.17) is 9.63 Å². The number of aromatic nitrogens is 2. The molecule has 0 aromatic carbocycles. The molecule has 1 aromatic heterocycles. The highest BCUT2D eigenvalue weighted by Gasteiger charge is 2.24. The van der Waals surface area contributed by atoms with E-state index in [1.807, 2.05) is 0 Å². The van der Waals surface area contributed by atoms with E-state index >= 15 is 0 Å². The second kappa shape index (κ2) is 14.3. The number of ketones is 1. The Morgan fingerprint density at radius 3 is 2.18 bits per heavy atom. The summed E-state index contributed by atoms with van der Waals surface area (Å²) in [6.07, 6.45) is 1.33. The van der Waals surface area contributed by atoms with Gasteiger partial charge in [-0.2, -0.15) is 0 Å². The van der Waals surface area contributed by atoms with Gasteiger partial charge in [-0.05, 0) is 4.92 Å². The number of carboxylic acids is 1. The highest BCUT2D eigenvalue weighted by Crippen LogP contribution is 2.38. The molecule has 12 nitrogen and oxygen atoms in total. The Hall–Kier alpha value is -0.700. The molecule has 1 aromatic rings. The zero-order valence-corrected chi connectivity index (χ0v) is 20.3.